The molecule has 0 radical (unpaired) electrons. The molecule has 1 N–H and O–H groups in total. The zero-order valence-corrected chi connectivity index (χ0v) is 11.8. The highest BCUT2D eigenvalue weighted by molar-refractivity contribution is 6.42. The summed E-state index contributed by atoms with van der Waals surface area (Å²) in [5.74, 6) is -1.58. The van der Waals surface area contributed by atoms with Crippen molar-refractivity contribution in [3.63, 3.8) is 0 Å². The Balaban J connectivity index is 3.02. The first-order chi connectivity index (χ1) is 8.95. The van der Waals surface area contributed by atoms with Crippen LogP contribution in [0.2, 0.25) is 10.0 Å². The van der Waals surface area contributed by atoms with Crippen molar-refractivity contribution in [1.82, 2.24) is 0 Å². The Morgan fingerprint density at radius 2 is 1.95 bits per heavy atom. The molecule has 0 saturated heterocycles. The summed E-state index contributed by atoms with van der Waals surface area (Å²) in [5.41, 5.74) is 0.580. The van der Waals surface area contributed by atoms with Crippen LogP contribution in [0, 0.1) is 0 Å². The average Bonchev–Trinajstić information content (AvgIpc) is 2.36. The van der Waals surface area contributed by atoms with Crippen LogP contribution < -0.4 is 4.90 Å². The van der Waals surface area contributed by atoms with Crippen molar-refractivity contribution >= 4 is 40.8 Å². The standard InChI is InChI=1S/C13H13Cl2NO3/c1-2-7-16(12(17)5-6-13(18)19)9-3-4-10(14)11(15)8-9/h3-6,8H,2,7H2,1H3,(H,18,19). The van der Waals surface area contributed by atoms with E-state index < -0.39 is 11.9 Å². The lowest BCUT2D eigenvalue weighted by Crippen LogP contribution is -2.30. The average molecular weight is 302 g/mol. The van der Waals surface area contributed by atoms with E-state index in [4.69, 9.17) is 28.3 Å². The molecular weight excluding hydrogens is 289 g/mol. The topological polar surface area (TPSA) is 57.6 Å². The molecule has 0 aromatic heterocycles. The van der Waals surface area contributed by atoms with Gasteiger partial charge in [-0.2, -0.15) is 0 Å². The highest BCUT2D eigenvalue weighted by Crippen LogP contribution is 2.27. The van der Waals surface area contributed by atoms with Gasteiger partial charge in [0.25, 0.3) is 5.91 Å². The van der Waals surface area contributed by atoms with E-state index in [9.17, 15) is 9.59 Å². The molecule has 102 valence electrons. The van der Waals surface area contributed by atoms with Gasteiger partial charge in [-0.05, 0) is 24.6 Å². The normalized spacial score (nSPS) is 10.7. The van der Waals surface area contributed by atoms with E-state index in [1.807, 2.05) is 6.92 Å². The minimum atomic E-state index is -1.17. The van der Waals surface area contributed by atoms with Gasteiger partial charge in [-0.15, -0.1) is 0 Å². The summed E-state index contributed by atoms with van der Waals surface area (Å²) in [6.07, 6.45) is 2.55. The second kappa shape index (κ2) is 7.16. The number of anilines is 1. The van der Waals surface area contributed by atoms with Gasteiger partial charge in [0, 0.05) is 24.4 Å². The second-order valence-corrected chi connectivity index (χ2v) is 4.57. The number of carboxylic acid groups (broad SMARTS) is 1. The number of hydrogen-bond acceptors (Lipinski definition) is 2. The molecule has 0 heterocycles. The number of aliphatic carboxylic acids is 1. The molecule has 1 rings (SSSR count). The summed E-state index contributed by atoms with van der Waals surface area (Å²) in [7, 11) is 0. The number of hydrogen-bond donors (Lipinski definition) is 1. The molecule has 19 heavy (non-hydrogen) atoms. The zero-order valence-electron chi connectivity index (χ0n) is 10.3. The predicted octanol–water partition coefficient (Wildman–Crippen LogP) is 3.38. The maximum atomic E-state index is 11.9. The van der Waals surface area contributed by atoms with Crippen LogP contribution in [0.3, 0.4) is 0 Å². The Morgan fingerprint density at radius 3 is 2.47 bits per heavy atom. The first-order valence-electron chi connectivity index (χ1n) is 5.63. The van der Waals surface area contributed by atoms with Crippen LogP contribution in [0.4, 0.5) is 5.69 Å². The van der Waals surface area contributed by atoms with E-state index in [1.165, 1.54) is 4.90 Å². The van der Waals surface area contributed by atoms with E-state index in [0.717, 1.165) is 18.6 Å². The van der Waals surface area contributed by atoms with Crippen LogP contribution in [0.15, 0.2) is 30.4 Å². The summed E-state index contributed by atoms with van der Waals surface area (Å²) in [6, 6.07) is 4.83. The number of amides is 1. The Kier molecular flexibility index (Phi) is 5.86. The van der Waals surface area contributed by atoms with E-state index in [2.05, 4.69) is 0 Å². The molecule has 0 saturated carbocycles. The third-order valence-corrected chi connectivity index (χ3v) is 3.04. The Morgan fingerprint density at radius 1 is 1.26 bits per heavy atom. The van der Waals surface area contributed by atoms with Crippen LogP contribution in [-0.4, -0.2) is 23.5 Å². The third kappa shape index (κ3) is 4.58. The van der Waals surface area contributed by atoms with Crippen LogP contribution in [0.5, 0.6) is 0 Å². The van der Waals surface area contributed by atoms with Gasteiger partial charge in [0.05, 0.1) is 10.0 Å². The van der Waals surface area contributed by atoms with Crippen molar-refractivity contribution < 1.29 is 14.7 Å². The lowest BCUT2D eigenvalue weighted by Gasteiger charge is -2.21. The lowest BCUT2D eigenvalue weighted by atomic mass is 10.2. The van der Waals surface area contributed by atoms with E-state index in [0.29, 0.717) is 22.3 Å². The molecule has 1 aromatic rings. The van der Waals surface area contributed by atoms with E-state index >= 15 is 0 Å². The van der Waals surface area contributed by atoms with Gasteiger partial charge in [-0.3, -0.25) is 4.79 Å². The predicted molar refractivity (Wildman–Crippen MR) is 75.9 cm³/mol. The molecule has 1 amide bonds. The fourth-order valence-corrected chi connectivity index (χ4v) is 1.77. The van der Waals surface area contributed by atoms with Crippen molar-refractivity contribution in [3.05, 3.63) is 40.4 Å². The summed E-state index contributed by atoms with van der Waals surface area (Å²) in [6.45, 7) is 2.37. The number of halogens is 2. The number of nitrogens with zero attached hydrogens (tertiary/aromatic N) is 1. The molecule has 0 atom stereocenters. The molecule has 0 aliphatic heterocycles. The largest absolute Gasteiger partial charge is 0.478 e. The Hall–Kier alpha value is -1.52. The fourth-order valence-electron chi connectivity index (χ4n) is 1.48. The number of rotatable bonds is 5. The summed E-state index contributed by atoms with van der Waals surface area (Å²) >= 11 is 11.7. The third-order valence-electron chi connectivity index (χ3n) is 2.30. The molecule has 0 aliphatic rings. The smallest absolute Gasteiger partial charge is 0.328 e. The monoisotopic (exact) mass is 301 g/mol. The van der Waals surface area contributed by atoms with Crippen LogP contribution in [0.25, 0.3) is 0 Å². The van der Waals surface area contributed by atoms with Crippen molar-refractivity contribution in [2.75, 3.05) is 11.4 Å². The molecule has 1 aromatic carbocycles. The summed E-state index contributed by atoms with van der Waals surface area (Å²) in [5, 5.41) is 9.27. The molecular formula is C13H13Cl2NO3. The van der Waals surface area contributed by atoms with Crippen molar-refractivity contribution in [2.24, 2.45) is 0 Å². The highest BCUT2D eigenvalue weighted by Gasteiger charge is 2.13. The Bertz CT molecular complexity index is 515. The van der Waals surface area contributed by atoms with Gasteiger partial charge in [0.2, 0.25) is 0 Å². The zero-order chi connectivity index (χ0) is 14.4. The van der Waals surface area contributed by atoms with Crippen molar-refractivity contribution in [3.8, 4) is 0 Å². The SMILES string of the molecule is CCCN(C(=O)C=CC(=O)O)c1ccc(Cl)c(Cl)c1. The van der Waals surface area contributed by atoms with Gasteiger partial charge in [-0.25, -0.2) is 4.79 Å². The van der Waals surface area contributed by atoms with Gasteiger partial charge in [0.15, 0.2) is 0 Å². The van der Waals surface area contributed by atoms with Crippen molar-refractivity contribution in [2.45, 2.75) is 13.3 Å². The Labute approximate surface area is 121 Å². The number of carboxylic acids is 1. The molecule has 6 heteroatoms. The van der Waals surface area contributed by atoms with E-state index in [-0.39, 0.29) is 0 Å². The molecule has 0 bridgehead atoms. The minimum Gasteiger partial charge on any atom is -0.478 e. The van der Waals surface area contributed by atoms with Gasteiger partial charge in [0.1, 0.15) is 0 Å². The maximum Gasteiger partial charge on any atom is 0.328 e. The summed E-state index contributed by atoms with van der Waals surface area (Å²) < 4.78 is 0. The number of carbonyl (C=O) groups is 2. The lowest BCUT2D eigenvalue weighted by molar-refractivity contribution is -0.131. The molecule has 0 unspecified atom stereocenters. The van der Waals surface area contributed by atoms with Gasteiger partial charge < -0.3 is 10.0 Å². The van der Waals surface area contributed by atoms with Crippen LogP contribution in [0.1, 0.15) is 13.3 Å². The van der Waals surface area contributed by atoms with Gasteiger partial charge >= 0.3 is 5.97 Å². The highest BCUT2D eigenvalue weighted by atomic mass is 35.5. The maximum absolute atomic E-state index is 11.9. The number of benzene rings is 1. The summed E-state index contributed by atoms with van der Waals surface area (Å²) in [4.78, 5) is 23.8. The molecule has 4 nitrogen and oxygen atoms in total. The second-order valence-electron chi connectivity index (χ2n) is 3.76. The van der Waals surface area contributed by atoms with E-state index in [1.54, 1.807) is 18.2 Å². The fraction of sp³-hybridized carbons (Fsp3) is 0.231. The van der Waals surface area contributed by atoms with Gasteiger partial charge in [-0.1, -0.05) is 30.1 Å². The first kappa shape index (κ1) is 15.5. The molecule has 0 fully saturated rings. The first-order valence-corrected chi connectivity index (χ1v) is 6.39. The van der Waals surface area contributed by atoms with Crippen LogP contribution >= 0.6 is 23.2 Å². The molecule has 0 aliphatic carbocycles. The van der Waals surface area contributed by atoms with Crippen LogP contribution in [-0.2, 0) is 9.59 Å². The minimum absolute atomic E-state index is 0.343. The molecule has 0 spiro atoms. The quantitative estimate of drug-likeness (QED) is 0.848. The van der Waals surface area contributed by atoms with Crippen molar-refractivity contribution in [1.29, 1.82) is 0 Å². The number of carbonyl (C=O) groups excluding carboxylic acids is 1.